The van der Waals surface area contributed by atoms with Crippen LogP contribution in [0.3, 0.4) is 0 Å². The molecule has 6 aromatic carbocycles. The van der Waals surface area contributed by atoms with Crippen molar-refractivity contribution in [2.24, 2.45) is 0 Å². The zero-order chi connectivity index (χ0) is 32.9. The van der Waals surface area contributed by atoms with E-state index >= 15 is 8.78 Å². The van der Waals surface area contributed by atoms with Crippen LogP contribution in [0.1, 0.15) is 5.56 Å². The van der Waals surface area contributed by atoms with Crippen molar-refractivity contribution in [3.8, 4) is 51.0 Å². The van der Waals surface area contributed by atoms with Gasteiger partial charge in [-0.1, -0.05) is 97.1 Å². The molecule has 0 radical (unpaired) electrons. The van der Waals surface area contributed by atoms with Gasteiger partial charge in [0, 0.05) is 32.8 Å². The Hall–Kier alpha value is -6.46. The van der Waals surface area contributed by atoms with Gasteiger partial charge in [-0.25, -0.2) is 32.5 Å². The number of aromatic nitrogens is 3. The lowest BCUT2D eigenvalue weighted by atomic mass is 9.95. The van der Waals surface area contributed by atoms with Crippen molar-refractivity contribution in [1.29, 1.82) is 5.26 Å². The normalized spacial score (nSPS) is 11.3. The molecule has 0 aliphatic rings. The number of benzene rings is 6. The van der Waals surface area contributed by atoms with E-state index in [0.29, 0.717) is 38.9 Å². The highest BCUT2D eigenvalue weighted by Gasteiger charge is 2.27. The van der Waals surface area contributed by atoms with Crippen LogP contribution in [0.2, 0.25) is 0 Å². The topological polar surface area (TPSA) is 62.5 Å². The Kier molecular flexibility index (Phi) is 6.89. The van der Waals surface area contributed by atoms with E-state index < -0.39 is 34.4 Å². The summed E-state index contributed by atoms with van der Waals surface area (Å²) in [5, 5.41) is 11.3. The average molecular weight is 633 g/mol. The number of halogens is 4. The molecule has 0 atom stereocenters. The van der Waals surface area contributed by atoms with Crippen LogP contribution in [-0.2, 0) is 0 Å². The summed E-state index contributed by atoms with van der Waals surface area (Å²) in [5.41, 5.74) is 3.74. The fraction of sp³-hybridized carbons (Fsp3) is 0. The van der Waals surface area contributed by atoms with Gasteiger partial charge in [0.15, 0.2) is 23.3 Å². The van der Waals surface area contributed by atoms with E-state index in [4.69, 9.17) is 20.2 Å². The molecule has 8 aromatic rings. The summed E-state index contributed by atoms with van der Waals surface area (Å²) in [5.74, 6) is -6.80. The molecule has 48 heavy (non-hydrogen) atoms. The first-order valence-electron chi connectivity index (χ1n) is 15.0. The monoisotopic (exact) mass is 632 g/mol. The van der Waals surface area contributed by atoms with Gasteiger partial charge in [0.2, 0.25) is 0 Å². The van der Waals surface area contributed by atoms with E-state index in [-0.39, 0.29) is 5.56 Å². The Morgan fingerprint density at radius 2 is 1.02 bits per heavy atom. The molecule has 4 nitrogen and oxygen atoms in total. The van der Waals surface area contributed by atoms with Gasteiger partial charge in [-0.05, 0) is 29.8 Å². The fourth-order valence-corrected chi connectivity index (χ4v) is 6.17. The summed E-state index contributed by atoms with van der Waals surface area (Å²) in [6.45, 7) is 0. The van der Waals surface area contributed by atoms with Crippen LogP contribution < -0.4 is 0 Å². The molecule has 8 heteroatoms. The zero-order valence-corrected chi connectivity index (χ0v) is 24.8. The lowest BCUT2D eigenvalue weighted by Crippen LogP contribution is -2.04. The molecule has 0 aliphatic heterocycles. The van der Waals surface area contributed by atoms with E-state index in [0.717, 1.165) is 27.6 Å². The van der Waals surface area contributed by atoms with Gasteiger partial charge in [-0.2, -0.15) is 5.26 Å². The third-order valence-electron chi connectivity index (χ3n) is 8.39. The molecule has 0 fully saturated rings. The Morgan fingerprint density at radius 3 is 1.69 bits per heavy atom. The Bertz CT molecular complexity index is 2590. The quantitative estimate of drug-likeness (QED) is 0.110. The molecule has 228 valence electrons. The number of nitriles is 1. The van der Waals surface area contributed by atoms with E-state index in [1.807, 2.05) is 97.1 Å². The number of hydrogen-bond donors (Lipinski definition) is 0. The first-order chi connectivity index (χ1) is 23.4. The molecule has 0 bridgehead atoms. The molecular formula is C40H20F4N4. The maximum Gasteiger partial charge on any atom is 0.180 e. The third-order valence-corrected chi connectivity index (χ3v) is 8.39. The van der Waals surface area contributed by atoms with Crippen molar-refractivity contribution in [2.45, 2.75) is 0 Å². The van der Waals surface area contributed by atoms with Gasteiger partial charge in [0.25, 0.3) is 0 Å². The maximum atomic E-state index is 15.1. The van der Waals surface area contributed by atoms with Gasteiger partial charge in [0.1, 0.15) is 11.6 Å². The van der Waals surface area contributed by atoms with Crippen molar-refractivity contribution >= 4 is 32.7 Å². The maximum absolute atomic E-state index is 15.1. The van der Waals surface area contributed by atoms with Gasteiger partial charge in [0.05, 0.1) is 39.2 Å². The number of fused-ring (bicyclic) bond motifs is 5. The highest BCUT2D eigenvalue weighted by molar-refractivity contribution is 6.21. The number of para-hydroxylation sites is 1. The molecule has 0 spiro atoms. The minimum atomic E-state index is -1.75. The molecule has 8 rings (SSSR count). The number of pyridine rings is 1. The molecular weight excluding hydrogens is 612 g/mol. The van der Waals surface area contributed by atoms with Crippen LogP contribution in [0.15, 0.2) is 121 Å². The van der Waals surface area contributed by atoms with Gasteiger partial charge >= 0.3 is 0 Å². The van der Waals surface area contributed by atoms with Crippen LogP contribution in [0.4, 0.5) is 17.6 Å². The lowest BCUT2D eigenvalue weighted by molar-refractivity contribution is 0.454. The summed E-state index contributed by atoms with van der Waals surface area (Å²) in [4.78, 5) is 15.3. The molecule has 0 aliphatic carbocycles. The van der Waals surface area contributed by atoms with Crippen molar-refractivity contribution in [3.63, 3.8) is 0 Å². The second-order valence-electron chi connectivity index (χ2n) is 11.2. The fourth-order valence-electron chi connectivity index (χ4n) is 6.17. The van der Waals surface area contributed by atoms with Crippen molar-refractivity contribution in [2.75, 3.05) is 0 Å². The minimum Gasteiger partial charge on any atom is -0.247 e. The van der Waals surface area contributed by atoms with Crippen molar-refractivity contribution in [3.05, 3.63) is 150 Å². The van der Waals surface area contributed by atoms with Crippen molar-refractivity contribution < 1.29 is 17.6 Å². The Morgan fingerprint density at radius 1 is 0.458 bits per heavy atom. The van der Waals surface area contributed by atoms with Crippen LogP contribution in [0.5, 0.6) is 0 Å². The van der Waals surface area contributed by atoms with E-state index in [1.54, 1.807) is 6.07 Å². The van der Waals surface area contributed by atoms with Crippen LogP contribution in [0.25, 0.3) is 77.6 Å². The first kappa shape index (κ1) is 29.0. The average Bonchev–Trinajstić information content (AvgIpc) is 3.14. The molecule has 2 heterocycles. The second kappa shape index (κ2) is 11.4. The minimum absolute atomic E-state index is 0.118. The molecule has 0 unspecified atom stereocenters. The van der Waals surface area contributed by atoms with Crippen LogP contribution in [-0.4, -0.2) is 15.0 Å². The molecule has 0 N–H and O–H groups in total. The third kappa shape index (κ3) is 4.56. The number of hydrogen-bond acceptors (Lipinski definition) is 4. The van der Waals surface area contributed by atoms with E-state index in [9.17, 15) is 8.78 Å². The summed E-state index contributed by atoms with van der Waals surface area (Å²) in [6.07, 6.45) is 0. The van der Waals surface area contributed by atoms with Crippen molar-refractivity contribution in [1.82, 2.24) is 15.0 Å². The van der Waals surface area contributed by atoms with Gasteiger partial charge in [-0.15, -0.1) is 0 Å². The van der Waals surface area contributed by atoms with Gasteiger partial charge in [-0.3, -0.25) is 0 Å². The first-order valence-corrected chi connectivity index (χ1v) is 15.0. The summed E-state index contributed by atoms with van der Waals surface area (Å²) >= 11 is 0. The van der Waals surface area contributed by atoms with Crippen LogP contribution >= 0.6 is 0 Å². The molecule has 0 saturated heterocycles. The largest absolute Gasteiger partial charge is 0.247 e. The summed E-state index contributed by atoms with van der Waals surface area (Å²) < 4.78 is 59.4. The van der Waals surface area contributed by atoms with Crippen LogP contribution in [0, 0.1) is 34.6 Å². The zero-order valence-electron chi connectivity index (χ0n) is 24.8. The Labute approximate surface area is 271 Å². The Balaban J connectivity index is 1.43. The summed E-state index contributed by atoms with van der Waals surface area (Å²) in [6, 6.07) is 38.1. The predicted octanol–water partition coefficient (Wildman–Crippen LogP) is 10.4. The smallest absolute Gasteiger partial charge is 0.180 e. The van der Waals surface area contributed by atoms with E-state index in [2.05, 4.69) is 0 Å². The highest BCUT2D eigenvalue weighted by atomic mass is 19.2. The standard InChI is InChI=1S/C40H20F4N4/c41-33-28(21-45)34(42)36(44)31(35(33)43)24-14-9-15-25(20-24)37-27-18-19-30-40(32(27)26-16-7-8-17-29(26)46-37)48-39(23-12-5-2-6-13-23)38(47-30)22-10-3-1-4-11-22/h1-20H. The molecule has 0 amide bonds. The predicted molar refractivity (Wildman–Crippen MR) is 179 cm³/mol. The molecule has 0 saturated carbocycles. The lowest BCUT2D eigenvalue weighted by Gasteiger charge is -2.15. The number of rotatable bonds is 4. The highest BCUT2D eigenvalue weighted by Crippen LogP contribution is 2.40. The number of nitrogens with zero attached hydrogens (tertiary/aromatic N) is 4. The van der Waals surface area contributed by atoms with Gasteiger partial charge < -0.3 is 0 Å². The summed E-state index contributed by atoms with van der Waals surface area (Å²) in [7, 11) is 0. The SMILES string of the molecule is N#Cc1c(F)c(F)c(-c2cccc(-c3nc4ccccc4c4c3ccc3nc(-c5ccccc5)c(-c5ccccc5)nc34)c2)c(F)c1F. The van der Waals surface area contributed by atoms with E-state index in [1.165, 1.54) is 24.3 Å². The molecule has 2 aromatic heterocycles. The second-order valence-corrected chi connectivity index (χ2v) is 11.2.